The van der Waals surface area contributed by atoms with Crippen molar-refractivity contribution in [1.82, 2.24) is 14.9 Å². The van der Waals surface area contributed by atoms with Crippen LogP contribution in [0, 0.1) is 5.92 Å². The van der Waals surface area contributed by atoms with Gasteiger partial charge in [0, 0.05) is 17.9 Å². The number of primary amides is 1. The Bertz CT molecular complexity index is 1070. The predicted octanol–water partition coefficient (Wildman–Crippen LogP) is 3.46. The van der Waals surface area contributed by atoms with E-state index in [9.17, 15) is 18.4 Å². The number of aromatic nitrogens is 2. The summed E-state index contributed by atoms with van der Waals surface area (Å²) >= 11 is 0. The Morgan fingerprint density at radius 2 is 1.94 bits per heavy atom. The molecule has 9 heteroatoms. The van der Waals surface area contributed by atoms with Crippen LogP contribution in [0.1, 0.15) is 76.2 Å². The summed E-state index contributed by atoms with van der Waals surface area (Å²) in [5.41, 5.74) is 6.56. The molecule has 2 N–H and O–H groups in total. The number of amides is 2. The van der Waals surface area contributed by atoms with Gasteiger partial charge in [-0.1, -0.05) is 18.2 Å². The first-order chi connectivity index (χ1) is 15.3. The SMILES string of the molecule is NC(=O)c1ccccc1[C@@H]1CC(F)(F)CN1C(=O)c1cnc(C2CC2)c(OCC2CC2)n1. The first-order valence-electron chi connectivity index (χ1n) is 10.9. The van der Waals surface area contributed by atoms with Crippen LogP contribution >= 0.6 is 0 Å². The van der Waals surface area contributed by atoms with Crippen molar-refractivity contribution in [3.63, 3.8) is 0 Å². The molecule has 0 unspecified atom stereocenters. The number of likely N-dealkylation sites (tertiary alicyclic amines) is 1. The standard InChI is InChI=1S/C23H24F2N4O3/c24-23(25)9-18(15-3-1-2-4-16(15)20(26)30)29(12-23)22(31)17-10-27-19(14-7-8-14)21(28-17)32-11-13-5-6-13/h1-4,10,13-14,18H,5-9,11-12H2,(H2,26,30)/t18-/m0/s1. The third-order valence-electron chi connectivity index (χ3n) is 6.22. The zero-order valence-electron chi connectivity index (χ0n) is 17.5. The lowest BCUT2D eigenvalue weighted by Gasteiger charge is -2.25. The summed E-state index contributed by atoms with van der Waals surface area (Å²) in [6, 6.07) is 5.27. The summed E-state index contributed by atoms with van der Waals surface area (Å²) in [5, 5.41) is 0. The van der Waals surface area contributed by atoms with Gasteiger partial charge in [-0.3, -0.25) is 14.6 Å². The van der Waals surface area contributed by atoms with Crippen LogP contribution in [0.4, 0.5) is 8.78 Å². The van der Waals surface area contributed by atoms with Gasteiger partial charge in [-0.15, -0.1) is 0 Å². The molecular formula is C23H24F2N4O3. The second-order valence-corrected chi connectivity index (χ2v) is 8.93. The minimum absolute atomic E-state index is 0.0422. The molecule has 0 bridgehead atoms. The zero-order chi connectivity index (χ0) is 22.5. The highest BCUT2D eigenvalue weighted by Gasteiger charge is 2.49. The van der Waals surface area contributed by atoms with Crippen LogP contribution in [0.3, 0.4) is 0 Å². The zero-order valence-corrected chi connectivity index (χ0v) is 17.5. The molecule has 3 fully saturated rings. The van der Waals surface area contributed by atoms with Gasteiger partial charge in [0.15, 0.2) is 5.69 Å². The van der Waals surface area contributed by atoms with E-state index in [1.165, 1.54) is 12.3 Å². The molecule has 2 aliphatic carbocycles. The van der Waals surface area contributed by atoms with Crippen molar-refractivity contribution in [2.75, 3.05) is 13.2 Å². The molecule has 5 rings (SSSR count). The Labute approximate surface area is 184 Å². The van der Waals surface area contributed by atoms with E-state index in [-0.39, 0.29) is 17.2 Å². The highest BCUT2D eigenvalue weighted by molar-refractivity contribution is 5.96. The van der Waals surface area contributed by atoms with E-state index in [0.29, 0.717) is 24.0 Å². The number of halogens is 2. The lowest BCUT2D eigenvalue weighted by atomic mass is 9.97. The number of carbonyl (C=O) groups excluding carboxylic acids is 2. The van der Waals surface area contributed by atoms with Crippen LogP contribution in [0.2, 0.25) is 0 Å². The fourth-order valence-corrected chi connectivity index (χ4v) is 4.18. The molecule has 2 heterocycles. The molecule has 0 radical (unpaired) electrons. The minimum Gasteiger partial charge on any atom is -0.476 e. The van der Waals surface area contributed by atoms with Crippen molar-refractivity contribution in [3.8, 4) is 5.88 Å². The van der Waals surface area contributed by atoms with Crippen molar-refractivity contribution in [2.24, 2.45) is 11.7 Å². The average molecular weight is 442 g/mol. The van der Waals surface area contributed by atoms with Gasteiger partial charge >= 0.3 is 0 Å². The first-order valence-corrected chi connectivity index (χ1v) is 10.9. The molecule has 1 aromatic carbocycles. The Hall–Kier alpha value is -3.10. The van der Waals surface area contributed by atoms with Crippen LogP contribution in [-0.4, -0.2) is 45.8 Å². The monoisotopic (exact) mass is 442 g/mol. The van der Waals surface area contributed by atoms with E-state index >= 15 is 0 Å². The van der Waals surface area contributed by atoms with Crippen LogP contribution in [0.25, 0.3) is 0 Å². The molecule has 1 saturated heterocycles. The number of hydrogen-bond acceptors (Lipinski definition) is 5. The molecule has 2 saturated carbocycles. The Morgan fingerprint density at radius 1 is 1.19 bits per heavy atom. The normalized spacial score (nSPS) is 22.1. The molecule has 7 nitrogen and oxygen atoms in total. The number of hydrogen-bond donors (Lipinski definition) is 1. The largest absolute Gasteiger partial charge is 0.476 e. The first kappa shape index (κ1) is 20.8. The molecule has 2 aromatic rings. The van der Waals surface area contributed by atoms with Crippen LogP contribution in [-0.2, 0) is 0 Å². The van der Waals surface area contributed by atoms with E-state index in [2.05, 4.69) is 9.97 Å². The summed E-state index contributed by atoms with van der Waals surface area (Å²) in [6.07, 6.45) is 4.94. The second-order valence-electron chi connectivity index (χ2n) is 8.93. The van der Waals surface area contributed by atoms with E-state index < -0.39 is 36.7 Å². The van der Waals surface area contributed by atoms with Crippen LogP contribution in [0.15, 0.2) is 30.5 Å². The van der Waals surface area contributed by atoms with E-state index in [0.717, 1.165) is 36.3 Å². The Kier molecular flexibility index (Phi) is 5.06. The maximum atomic E-state index is 14.4. The molecule has 32 heavy (non-hydrogen) atoms. The molecule has 3 aliphatic rings. The average Bonchev–Trinajstić information content (AvgIpc) is 3.69. The topological polar surface area (TPSA) is 98.4 Å². The van der Waals surface area contributed by atoms with Gasteiger partial charge in [0.25, 0.3) is 11.8 Å². The number of alkyl halides is 2. The maximum Gasteiger partial charge on any atom is 0.274 e. The van der Waals surface area contributed by atoms with Gasteiger partial charge in [-0.05, 0) is 43.2 Å². The second kappa shape index (κ2) is 7.79. The Morgan fingerprint density at radius 3 is 2.62 bits per heavy atom. The number of ether oxygens (including phenoxy) is 1. The van der Waals surface area contributed by atoms with Crippen molar-refractivity contribution in [2.45, 2.75) is 50.0 Å². The van der Waals surface area contributed by atoms with Gasteiger partial charge in [0.05, 0.1) is 25.4 Å². The van der Waals surface area contributed by atoms with E-state index in [4.69, 9.17) is 10.5 Å². The lowest BCUT2D eigenvalue weighted by Crippen LogP contribution is -2.34. The summed E-state index contributed by atoms with van der Waals surface area (Å²) in [6.45, 7) is -0.254. The molecule has 1 aliphatic heterocycles. The predicted molar refractivity (Wildman–Crippen MR) is 111 cm³/mol. The molecule has 1 aromatic heterocycles. The highest BCUT2D eigenvalue weighted by Crippen LogP contribution is 2.44. The number of benzene rings is 1. The molecular weight excluding hydrogens is 418 g/mol. The third-order valence-corrected chi connectivity index (χ3v) is 6.22. The van der Waals surface area contributed by atoms with Gasteiger partial charge in [-0.2, -0.15) is 0 Å². The van der Waals surface area contributed by atoms with Gasteiger partial charge in [-0.25, -0.2) is 13.8 Å². The Balaban J connectivity index is 1.46. The number of nitrogens with zero attached hydrogens (tertiary/aromatic N) is 3. The summed E-state index contributed by atoms with van der Waals surface area (Å²) < 4.78 is 34.7. The fourth-order valence-electron chi connectivity index (χ4n) is 4.18. The fraction of sp³-hybridized carbons (Fsp3) is 0.478. The van der Waals surface area contributed by atoms with Crippen LogP contribution in [0.5, 0.6) is 5.88 Å². The van der Waals surface area contributed by atoms with Gasteiger partial charge in [0.2, 0.25) is 11.8 Å². The third kappa shape index (κ3) is 4.16. The van der Waals surface area contributed by atoms with E-state index in [1.54, 1.807) is 18.2 Å². The highest BCUT2D eigenvalue weighted by atomic mass is 19.3. The van der Waals surface area contributed by atoms with Crippen molar-refractivity contribution < 1.29 is 23.1 Å². The van der Waals surface area contributed by atoms with Gasteiger partial charge < -0.3 is 15.4 Å². The van der Waals surface area contributed by atoms with E-state index in [1.807, 2.05) is 0 Å². The molecule has 168 valence electrons. The quantitative estimate of drug-likeness (QED) is 0.708. The number of rotatable bonds is 7. The molecule has 0 spiro atoms. The van der Waals surface area contributed by atoms with Gasteiger partial charge in [0.1, 0.15) is 5.69 Å². The van der Waals surface area contributed by atoms with Crippen LogP contribution < -0.4 is 10.5 Å². The summed E-state index contributed by atoms with van der Waals surface area (Å²) in [7, 11) is 0. The summed E-state index contributed by atoms with van der Waals surface area (Å²) in [5.74, 6) is -3.41. The number of carbonyl (C=O) groups is 2. The lowest BCUT2D eigenvalue weighted by molar-refractivity contribution is 0.0117. The van der Waals surface area contributed by atoms with Crippen molar-refractivity contribution in [3.05, 3.63) is 53.0 Å². The number of nitrogens with two attached hydrogens (primary N) is 1. The van der Waals surface area contributed by atoms with Crippen molar-refractivity contribution in [1.29, 1.82) is 0 Å². The van der Waals surface area contributed by atoms with Crippen molar-refractivity contribution >= 4 is 11.8 Å². The molecule has 1 atom stereocenters. The maximum absolute atomic E-state index is 14.4. The molecule has 2 amide bonds. The smallest absolute Gasteiger partial charge is 0.274 e. The minimum atomic E-state index is -3.10. The summed E-state index contributed by atoms with van der Waals surface area (Å²) in [4.78, 5) is 35.1.